The maximum Gasteiger partial charge on any atom is 0.212 e. The molecular weight excluding hydrogens is 262 g/mol. The number of rotatable bonds is 8. The predicted molar refractivity (Wildman–Crippen MR) is 86.8 cm³/mol. The molecule has 1 aromatic carbocycles. The van der Waals surface area contributed by atoms with Crippen LogP contribution in [0.25, 0.3) is 0 Å². The van der Waals surface area contributed by atoms with E-state index in [4.69, 9.17) is 4.74 Å². The van der Waals surface area contributed by atoms with Gasteiger partial charge in [-0.25, -0.2) is 4.98 Å². The molecule has 0 aliphatic heterocycles. The first-order valence-electron chi connectivity index (χ1n) is 7.25. The van der Waals surface area contributed by atoms with E-state index < -0.39 is 0 Å². The largest absolute Gasteiger partial charge is 0.481 e. The molecule has 0 aliphatic carbocycles. The van der Waals surface area contributed by atoms with Gasteiger partial charge >= 0.3 is 0 Å². The summed E-state index contributed by atoms with van der Waals surface area (Å²) in [5, 5.41) is 3.44. The van der Waals surface area contributed by atoms with Gasteiger partial charge in [0.1, 0.15) is 0 Å². The fourth-order valence-electron chi connectivity index (χ4n) is 2.12. The number of methoxy groups -OCH3 is 1. The van der Waals surface area contributed by atoms with Crippen LogP contribution in [0.2, 0.25) is 0 Å². The Labute approximate surface area is 126 Å². The molecule has 0 atom stereocenters. The lowest BCUT2D eigenvalue weighted by molar-refractivity contribution is 0.397. The summed E-state index contributed by atoms with van der Waals surface area (Å²) in [6.07, 6.45) is 2.96. The second kappa shape index (κ2) is 8.27. The summed E-state index contributed by atoms with van der Waals surface area (Å²) in [6, 6.07) is 14.4. The average Bonchev–Trinajstić information content (AvgIpc) is 2.55. The van der Waals surface area contributed by atoms with Crippen LogP contribution in [0.15, 0.2) is 48.7 Å². The van der Waals surface area contributed by atoms with Crippen LogP contribution in [-0.2, 0) is 6.54 Å². The van der Waals surface area contributed by atoms with E-state index in [1.54, 1.807) is 7.11 Å². The lowest BCUT2D eigenvalue weighted by Gasteiger charge is -2.19. The average molecular weight is 285 g/mol. The number of anilines is 1. The maximum absolute atomic E-state index is 5.04. The first-order valence-corrected chi connectivity index (χ1v) is 7.25. The minimum Gasteiger partial charge on any atom is -0.481 e. The van der Waals surface area contributed by atoms with E-state index in [1.165, 1.54) is 11.3 Å². The zero-order valence-corrected chi connectivity index (χ0v) is 12.7. The summed E-state index contributed by atoms with van der Waals surface area (Å²) < 4.78 is 5.04. The molecule has 0 spiro atoms. The molecule has 0 bridgehead atoms. The van der Waals surface area contributed by atoms with Gasteiger partial charge in [0.2, 0.25) is 5.88 Å². The van der Waals surface area contributed by atoms with Gasteiger partial charge in [-0.15, -0.1) is 0 Å². The molecule has 112 valence electrons. The molecule has 1 heterocycles. The minimum atomic E-state index is 0.656. The highest BCUT2D eigenvalue weighted by Gasteiger charge is 1.99. The van der Waals surface area contributed by atoms with Crippen LogP contribution in [0, 0.1) is 0 Å². The van der Waals surface area contributed by atoms with Crippen LogP contribution < -0.4 is 15.0 Å². The summed E-state index contributed by atoms with van der Waals surface area (Å²) in [5.74, 6) is 0.656. The first-order chi connectivity index (χ1) is 10.3. The van der Waals surface area contributed by atoms with E-state index >= 15 is 0 Å². The van der Waals surface area contributed by atoms with Crippen LogP contribution in [0.4, 0.5) is 5.69 Å². The van der Waals surface area contributed by atoms with Gasteiger partial charge in [-0.1, -0.05) is 24.3 Å². The molecule has 4 heteroatoms. The molecule has 0 saturated carbocycles. The summed E-state index contributed by atoms with van der Waals surface area (Å²) >= 11 is 0. The van der Waals surface area contributed by atoms with Crippen molar-refractivity contribution in [3.63, 3.8) is 0 Å². The Kier molecular flexibility index (Phi) is 6.03. The summed E-state index contributed by atoms with van der Waals surface area (Å²) in [7, 11) is 3.76. The number of aromatic nitrogens is 1. The van der Waals surface area contributed by atoms with Gasteiger partial charge in [-0.3, -0.25) is 0 Å². The van der Waals surface area contributed by atoms with Gasteiger partial charge in [0.05, 0.1) is 7.11 Å². The van der Waals surface area contributed by atoms with E-state index in [9.17, 15) is 0 Å². The smallest absolute Gasteiger partial charge is 0.212 e. The van der Waals surface area contributed by atoms with Gasteiger partial charge in [-0.05, 0) is 30.7 Å². The van der Waals surface area contributed by atoms with Crippen LogP contribution >= 0.6 is 0 Å². The quantitative estimate of drug-likeness (QED) is 0.757. The Hall–Kier alpha value is -2.07. The van der Waals surface area contributed by atoms with Gasteiger partial charge in [0.15, 0.2) is 0 Å². The molecule has 0 radical (unpaired) electrons. The van der Waals surface area contributed by atoms with Gasteiger partial charge in [0.25, 0.3) is 0 Å². The van der Waals surface area contributed by atoms with Crippen molar-refractivity contribution in [2.45, 2.75) is 13.0 Å². The highest BCUT2D eigenvalue weighted by atomic mass is 16.5. The van der Waals surface area contributed by atoms with Crippen molar-refractivity contribution < 1.29 is 4.74 Å². The third-order valence-corrected chi connectivity index (χ3v) is 3.38. The van der Waals surface area contributed by atoms with Crippen molar-refractivity contribution in [3.8, 4) is 5.88 Å². The van der Waals surface area contributed by atoms with E-state index in [0.29, 0.717) is 5.88 Å². The lowest BCUT2D eigenvalue weighted by atomic mass is 10.2. The molecule has 4 nitrogen and oxygen atoms in total. The monoisotopic (exact) mass is 285 g/mol. The molecular formula is C17H23N3O. The number of nitrogens with zero attached hydrogens (tertiary/aromatic N) is 2. The van der Waals surface area contributed by atoms with Crippen LogP contribution in [0.1, 0.15) is 12.0 Å². The van der Waals surface area contributed by atoms with Gasteiger partial charge < -0.3 is 15.0 Å². The molecule has 0 fully saturated rings. The Bertz CT molecular complexity index is 513. The van der Waals surface area contributed by atoms with Crippen LogP contribution in [0.5, 0.6) is 5.88 Å². The SMILES string of the molecule is COc1ccc(CNCCCN(C)c2ccccc2)cn1. The number of nitrogens with one attached hydrogen (secondary N) is 1. The number of benzene rings is 1. The predicted octanol–water partition coefficient (Wildman–Crippen LogP) is 2.71. The first kappa shape index (κ1) is 15.3. The number of hydrogen-bond acceptors (Lipinski definition) is 4. The fourth-order valence-corrected chi connectivity index (χ4v) is 2.12. The van der Waals surface area contributed by atoms with Crippen LogP contribution in [0.3, 0.4) is 0 Å². The molecule has 21 heavy (non-hydrogen) atoms. The van der Waals surface area contributed by atoms with Crippen LogP contribution in [-0.4, -0.2) is 32.2 Å². The number of para-hydroxylation sites is 1. The number of hydrogen-bond donors (Lipinski definition) is 1. The topological polar surface area (TPSA) is 37.4 Å². The van der Waals surface area contributed by atoms with Gasteiger partial charge in [0, 0.05) is 38.1 Å². The molecule has 1 aromatic heterocycles. The zero-order chi connectivity index (χ0) is 14.9. The van der Waals surface area contributed by atoms with Crippen molar-refractivity contribution in [1.82, 2.24) is 10.3 Å². The second-order valence-corrected chi connectivity index (χ2v) is 5.00. The van der Waals surface area contributed by atoms with Crippen molar-refractivity contribution in [2.24, 2.45) is 0 Å². The molecule has 2 rings (SSSR count). The summed E-state index contributed by atoms with van der Waals surface area (Å²) in [4.78, 5) is 6.47. The second-order valence-electron chi connectivity index (χ2n) is 5.00. The molecule has 0 aliphatic rings. The Balaban J connectivity index is 1.63. The third kappa shape index (κ3) is 5.08. The molecule has 0 saturated heterocycles. The molecule has 0 unspecified atom stereocenters. The van der Waals surface area contributed by atoms with E-state index in [1.807, 2.05) is 24.4 Å². The van der Waals surface area contributed by atoms with Crippen molar-refractivity contribution in [1.29, 1.82) is 0 Å². The van der Waals surface area contributed by atoms with E-state index in [2.05, 4.69) is 46.5 Å². The van der Waals surface area contributed by atoms with Crippen molar-refractivity contribution in [3.05, 3.63) is 54.2 Å². The van der Waals surface area contributed by atoms with E-state index in [-0.39, 0.29) is 0 Å². The molecule has 0 amide bonds. The fraction of sp³-hybridized carbons (Fsp3) is 0.353. The Morgan fingerprint density at radius 1 is 1.14 bits per heavy atom. The summed E-state index contributed by atoms with van der Waals surface area (Å²) in [5.41, 5.74) is 2.43. The van der Waals surface area contributed by atoms with E-state index in [0.717, 1.165) is 26.1 Å². The molecule has 2 aromatic rings. The molecule has 1 N–H and O–H groups in total. The number of ether oxygens (including phenoxy) is 1. The maximum atomic E-state index is 5.04. The Morgan fingerprint density at radius 2 is 1.95 bits per heavy atom. The highest BCUT2D eigenvalue weighted by Crippen LogP contribution is 2.10. The minimum absolute atomic E-state index is 0.656. The highest BCUT2D eigenvalue weighted by molar-refractivity contribution is 5.44. The summed E-state index contributed by atoms with van der Waals surface area (Å²) in [6.45, 7) is 2.87. The Morgan fingerprint density at radius 3 is 2.62 bits per heavy atom. The lowest BCUT2D eigenvalue weighted by Crippen LogP contribution is -2.23. The number of pyridine rings is 1. The normalized spacial score (nSPS) is 10.4. The van der Waals surface area contributed by atoms with Crippen molar-refractivity contribution >= 4 is 5.69 Å². The van der Waals surface area contributed by atoms with Gasteiger partial charge in [-0.2, -0.15) is 0 Å². The standard InChI is InChI=1S/C17H23N3O/c1-20(16-7-4-3-5-8-16)12-6-11-18-13-15-9-10-17(21-2)19-14-15/h3-5,7-10,14,18H,6,11-13H2,1-2H3. The third-order valence-electron chi connectivity index (χ3n) is 3.38. The van der Waals surface area contributed by atoms with Crippen molar-refractivity contribution in [2.75, 3.05) is 32.1 Å². The zero-order valence-electron chi connectivity index (χ0n) is 12.7.